The molecule has 134 valence electrons. The first kappa shape index (κ1) is 18.9. The van der Waals surface area contributed by atoms with Crippen LogP contribution in [0.2, 0.25) is 5.02 Å². The van der Waals surface area contributed by atoms with E-state index in [1.807, 2.05) is 0 Å². The van der Waals surface area contributed by atoms with E-state index >= 15 is 0 Å². The van der Waals surface area contributed by atoms with Crippen molar-refractivity contribution in [1.29, 1.82) is 0 Å². The first-order valence-electron chi connectivity index (χ1n) is 7.74. The molecule has 0 spiro atoms. The van der Waals surface area contributed by atoms with Gasteiger partial charge in [-0.2, -0.15) is 0 Å². The first-order valence-corrected chi connectivity index (χ1v) is 8.11. The Morgan fingerprint density at radius 2 is 2.12 bits per heavy atom. The Balaban J connectivity index is 2.00. The number of carboxylic acid groups (broad SMARTS) is 1. The Morgan fingerprint density at radius 3 is 2.76 bits per heavy atom. The second kappa shape index (κ2) is 8.11. The molecule has 0 saturated carbocycles. The summed E-state index contributed by atoms with van der Waals surface area (Å²) in [6.07, 6.45) is 2.68. The normalized spacial score (nSPS) is 18.0. The molecule has 2 rings (SSSR count). The highest BCUT2D eigenvalue weighted by atomic mass is 35.5. The van der Waals surface area contributed by atoms with Crippen molar-refractivity contribution in [2.24, 2.45) is 0 Å². The topological polar surface area (TPSA) is 77.9 Å². The van der Waals surface area contributed by atoms with Gasteiger partial charge in [0, 0.05) is 25.7 Å². The van der Waals surface area contributed by atoms with Crippen molar-refractivity contribution in [3.8, 4) is 0 Å². The maximum absolute atomic E-state index is 13.1. The smallest absolute Gasteiger partial charge is 0.305 e. The first-order chi connectivity index (χ1) is 11.8. The number of carbonyl (C=O) groups is 3. The van der Waals surface area contributed by atoms with Crippen molar-refractivity contribution in [3.63, 3.8) is 0 Å². The number of hydrogen-bond donors (Lipinski definition) is 1. The summed E-state index contributed by atoms with van der Waals surface area (Å²) in [5.74, 6) is -2.14. The van der Waals surface area contributed by atoms with Crippen LogP contribution in [-0.4, -0.2) is 58.4 Å². The van der Waals surface area contributed by atoms with Crippen LogP contribution in [0.5, 0.6) is 0 Å². The number of carbonyl (C=O) groups excluding carboxylic acids is 2. The maximum atomic E-state index is 13.1. The predicted molar refractivity (Wildman–Crippen MR) is 90.5 cm³/mol. The highest BCUT2D eigenvalue weighted by Gasteiger charge is 2.33. The van der Waals surface area contributed by atoms with Gasteiger partial charge < -0.3 is 14.9 Å². The van der Waals surface area contributed by atoms with Crippen molar-refractivity contribution in [3.05, 3.63) is 40.7 Å². The molecule has 6 nitrogen and oxygen atoms in total. The lowest BCUT2D eigenvalue weighted by molar-refractivity contribution is -0.149. The Labute approximate surface area is 149 Å². The number of rotatable bonds is 5. The number of amides is 2. The van der Waals surface area contributed by atoms with E-state index in [0.29, 0.717) is 18.7 Å². The SMILES string of the molecule is CC1C(=O)N(CCC(=O)O)CCN1C(=O)C=Cc1ccc(F)c(Cl)c1. The van der Waals surface area contributed by atoms with Crippen LogP contribution in [0.1, 0.15) is 18.9 Å². The zero-order chi connectivity index (χ0) is 18.6. The molecule has 1 heterocycles. The summed E-state index contributed by atoms with van der Waals surface area (Å²) in [5, 5.41) is 8.67. The van der Waals surface area contributed by atoms with E-state index in [-0.39, 0.29) is 29.8 Å². The summed E-state index contributed by atoms with van der Waals surface area (Å²) >= 11 is 5.69. The van der Waals surface area contributed by atoms with E-state index in [1.54, 1.807) is 6.92 Å². The number of hydrogen-bond acceptors (Lipinski definition) is 3. The highest BCUT2D eigenvalue weighted by Crippen LogP contribution is 2.17. The van der Waals surface area contributed by atoms with Crippen LogP contribution in [0.25, 0.3) is 6.08 Å². The number of halogens is 2. The van der Waals surface area contributed by atoms with E-state index < -0.39 is 17.8 Å². The second-order valence-corrected chi connectivity index (χ2v) is 6.09. The molecule has 2 amide bonds. The van der Waals surface area contributed by atoms with Crippen molar-refractivity contribution >= 4 is 35.5 Å². The zero-order valence-corrected chi connectivity index (χ0v) is 14.4. The standard InChI is InChI=1S/C17H18ClFN2O4/c1-11-17(25)20(7-6-16(23)24)8-9-21(11)15(22)5-3-12-2-4-14(19)13(18)10-12/h2-5,10-11H,6-9H2,1H3,(H,23,24). The summed E-state index contributed by atoms with van der Waals surface area (Å²) in [6, 6.07) is 3.43. The molecule has 0 aromatic heterocycles. The quantitative estimate of drug-likeness (QED) is 0.807. The second-order valence-electron chi connectivity index (χ2n) is 5.68. The largest absolute Gasteiger partial charge is 0.481 e. The average Bonchev–Trinajstić information content (AvgIpc) is 2.57. The van der Waals surface area contributed by atoms with Crippen LogP contribution in [0.4, 0.5) is 4.39 Å². The minimum Gasteiger partial charge on any atom is -0.481 e. The molecule has 1 aliphatic heterocycles. The van der Waals surface area contributed by atoms with Gasteiger partial charge in [0.2, 0.25) is 11.8 Å². The molecular formula is C17H18ClFN2O4. The van der Waals surface area contributed by atoms with Gasteiger partial charge in [0.05, 0.1) is 11.4 Å². The van der Waals surface area contributed by atoms with E-state index in [9.17, 15) is 18.8 Å². The molecule has 0 bridgehead atoms. The molecule has 1 aliphatic rings. The van der Waals surface area contributed by atoms with Crippen LogP contribution in [0.3, 0.4) is 0 Å². The minimum atomic E-state index is -0.972. The third-order valence-electron chi connectivity index (χ3n) is 3.99. The Kier molecular flexibility index (Phi) is 6.14. The summed E-state index contributed by atoms with van der Waals surface area (Å²) in [7, 11) is 0. The van der Waals surface area contributed by atoms with Gasteiger partial charge in [0.15, 0.2) is 0 Å². The summed E-state index contributed by atoms with van der Waals surface area (Å²) in [5.41, 5.74) is 0.568. The van der Waals surface area contributed by atoms with Crippen molar-refractivity contribution in [2.75, 3.05) is 19.6 Å². The fraction of sp³-hybridized carbons (Fsp3) is 0.353. The van der Waals surface area contributed by atoms with Gasteiger partial charge in [-0.1, -0.05) is 17.7 Å². The lowest BCUT2D eigenvalue weighted by Gasteiger charge is -2.38. The number of piperazine rings is 1. The molecule has 1 aromatic rings. The van der Waals surface area contributed by atoms with Gasteiger partial charge in [0.1, 0.15) is 11.9 Å². The summed E-state index contributed by atoms with van der Waals surface area (Å²) in [6.45, 7) is 2.35. The molecule has 1 unspecified atom stereocenters. The molecule has 0 radical (unpaired) electrons. The van der Waals surface area contributed by atoms with Crippen molar-refractivity contribution in [2.45, 2.75) is 19.4 Å². The Bertz CT molecular complexity index is 723. The molecule has 1 saturated heterocycles. The number of carboxylic acids is 1. The highest BCUT2D eigenvalue weighted by molar-refractivity contribution is 6.30. The molecule has 8 heteroatoms. The van der Waals surface area contributed by atoms with E-state index in [2.05, 4.69) is 0 Å². The predicted octanol–water partition coefficient (Wildman–Crippen LogP) is 2.03. The molecule has 1 N–H and O–H groups in total. The van der Waals surface area contributed by atoms with E-state index in [4.69, 9.17) is 16.7 Å². The third-order valence-corrected chi connectivity index (χ3v) is 4.28. The Morgan fingerprint density at radius 1 is 1.40 bits per heavy atom. The minimum absolute atomic E-state index is 0.0369. The van der Waals surface area contributed by atoms with Gasteiger partial charge in [0.25, 0.3) is 0 Å². The van der Waals surface area contributed by atoms with Gasteiger partial charge in [-0.05, 0) is 30.7 Å². The lowest BCUT2D eigenvalue weighted by atomic mass is 10.1. The summed E-state index contributed by atoms with van der Waals surface area (Å²) < 4.78 is 13.1. The van der Waals surface area contributed by atoms with Crippen LogP contribution < -0.4 is 0 Å². The molecule has 25 heavy (non-hydrogen) atoms. The van der Waals surface area contributed by atoms with Gasteiger partial charge in [-0.3, -0.25) is 14.4 Å². The number of nitrogens with zero attached hydrogens (tertiary/aromatic N) is 2. The molecule has 1 atom stereocenters. The average molecular weight is 369 g/mol. The number of benzene rings is 1. The van der Waals surface area contributed by atoms with Crippen molar-refractivity contribution in [1.82, 2.24) is 9.80 Å². The fourth-order valence-corrected chi connectivity index (χ4v) is 2.75. The molecule has 1 aromatic carbocycles. The summed E-state index contributed by atoms with van der Waals surface area (Å²) in [4.78, 5) is 38.1. The van der Waals surface area contributed by atoms with Gasteiger partial charge in [-0.25, -0.2) is 4.39 Å². The van der Waals surface area contributed by atoms with Crippen LogP contribution >= 0.6 is 11.6 Å². The molecule has 1 fully saturated rings. The Hall–Kier alpha value is -2.41. The monoisotopic (exact) mass is 368 g/mol. The van der Waals surface area contributed by atoms with Crippen LogP contribution in [0.15, 0.2) is 24.3 Å². The third kappa shape index (κ3) is 4.79. The maximum Gasteiger partial charge on any atom is 0.305 e. The molecule has 0 aliphatic carbocycles. The fourth-order valence-electron chi connectivity index (χ4n) is 2.56. The number of aliphatic carboxylic acids is 1. The van der Waals surface area contributed by atoms with E-state index in [0.717, 1.165) is 0 Å². The lowest BCUT2D eigenvalue weighted by Crippen LogP contribution is -2.57. The molecular weight excluding hydrogens is 351 g/mol. The van der Waals surface area contributed by atoms with Gasteiger partial charge in [-0.15, -0.1) is 0 Å². The van der Waals surface area contributed by atoms with E-state index in [1.165, 1.54) is 40.2 Å². The van der Waals surface area contributed by atoms with Gasteiger partial charge >= 0.3 is 5.97 Å². The van der Waals surface area contributed by atoms with Crippen LogP contribution in [-0.2, 0) is 14.4 Å². The van der Waals surface area contributed by atoms with Crippen LogP contribution in [0, 0.1) is 5.82 Å². The van der Waals surface area contributed by atoms with Crippen molar-refractivity contribution < 1.29 is 23.9 Å². The zero-order valence-electron chi connectivity index (χ0n) is 13.6.